The van der Waals surface area contributed by atoms with E-state index in [1.54, 1.807) is 0 Å². The fourth-order valence-electron chi connectivity index (χ4n) is 3.18. The maximum atomic E-state index is 13.5. The van der Waals surface area contributed by atoms with Crippen LogP contribution < -0.4 is 4.74 Å². The van der Waals surface area contributed by atoms with Crippen molar-refractivity contribution in [1.29, 1.82) is 0 Å². The zero-order valence-corrected chi connectivity index (χ0v) is 23.1. The van der Waals surface area contributed by atoms with Crippen LogP contribution in [0.1, 0.15) is 51.9 Å². The topological polar surface area (TPSA) is 81.7 Å². The number of carbonyl (C=O) groups is 1. The molecule has 232 valence electrons. The minimum Gasteiger partial charge on any atom is -0.420 e. The number of unbranched alkanes of at least 4 members (excludes halogenated alkanes) is 5. The first-order valence-electron chi connectivity index (χ1n) is 13.6. The molecule has 40 heavy (non-hydrogen) atoms. The first-order chi connectivity index (χ1) is 19.4. The third-order valence-corrected chi connectivity index (χ3v) is 5.34. The van der Waals surface area contributed by atoms with Gasteiger partial charge in [0.25, 0.3) is 0 Å². The number of carbonyl (C=O) groups excluding carboxylic acids is 1. The van der Waals surface area contributed by atoms with E-state index in [4.69, 9.17) is 28.4 Å². The fraction of sp³-hybridized carbons (Fsp3) is 0.741. The fourth-order valence-corrected chi connectivity index (χ4v) is 3.18. The summed E-state index contributed by atoms with van der Waals surface area (Å²) in [4.78, 5) is 11.6. The quantitative estimate of drug-likeness (QED) is 0.0368. The van der Waals surface area contributed by atoms with E-state index < -0.39 is 47.2 Å². The second kappa shape index (κ2) is 23.8. The summed E-state index contributed by atoms with van der Waals surface area (Å²) in [6, 6.07) is 0. The second-order valence-electron chi connectivity index (χ2n) is 8.57. The first kappa shape index (κ1) is 36.1. The van der Waals surface area contributed by atoms with Gasteiger partial charge in [-0.1, -0.05) is 39.0 Å². The van der Waals surface area contributed by atoms with Crippen LogP contribution in [0.5, 0.6) is 5.75 Å². The molecule has 0 amide bonds. The minimum atomic E-state index is -2.34. The molecule has 0 aromatic heterocycles. The van der Waals surface area contributed by atoms with Crippen LogP contribution in [0.15, 0.2) is 0 Å². The van der Waals surface area contributed by atoms with E-state index in [0.29, 0.717) is 52.9 Å². The van der Waals surface area contributed by atoms with Crippen LogP contribution >= 0.6 is 0 Å². The maximum Gasteiger partial charge on any atom is 0.313 e. The van der Waals surface area contributed by atoms with Gasteiger partial charge in [-0.3, -0.25) is 4.79 Å². The maximum absolute atomic E-state index is 13.5. The van der Waals surface area contributed by atoms with Crippen LogP contribution in [0.25, 0.3) is 0 Å². The molecule has 0 radical (unpaired) electrons. The Labute approximate surface area is 232 Å². The van der Waals surface area contributed by atoms with E-state index in [2.05, 4.69) is 11.7 Å². The molecule has 8 nitrogen and oxygen atoms in total. The van der Waals surface area contributed by atoms with Gasteiger partial charge in [-0.05, 0) is 6.42 Å². The third-order valence-electron chi connectivity index (χ3n) is 5.34. The lowest BCUT2D eigenvalue weighted by Gasteiger charge is -2.09. The normalized spacial score (nSPS) is 11.3. The van der Waals surface area contributed by atoms with Crippen molar-refractivity contribution in [3.8, 4) is 5.75 Å². The number of benzene rings is 1. The molecule has 0 atom stereocenters. The van der Waals surface area contributed by atoms with E-state index in [0.717, 1.165) is 13.0 Å². The minimum absolute atomic E-state index is 0.100. The van der Waals surface area contributed by atoms with Crippen molar-refractivity contribution in [2.45, 2.75) is 51.9 Å². The zero-order chi connectivity index (χ0) is 29.4. The SMILES string of the molecule is CCCCCCCCOCCOCCOCCOCCOCCOCCC(=O)Oc1c(F)c(F)c(F)c(F)c1F. The highest BCUT2D eigenvalue weighted by atomic mass is 19.2. The van der Waals surface area contributed by atoms with E-state index in [9.17, 15) is 26.7 Å². The molecule has 0 saturated heterocycles. The summed E-state index contributed by atoms with van der Waals surface area (Å²) in [5, 5.41) is 0. The van der Waals surface area contributed by atoms with E-state index in [1.165, 1.54) is 32.1 Å². The van der Waals surface area contributed by atoms with Crippen molar-refractivity contribution in [3.05, 3.63) is 29.1 Å². The summed E-state index contributed by atoms with van der Waals surface area (Å²) in [6.45, 7) is 6.58. The van der Waals surface area contributed by atoms with Gasteiger partial charge in [0.2, 0.25) is 34.8 Å². The van der Waals surface area contributed by atoms with E-state index in [1.807, 2.05) is 0 Å². The molecular formula is C27H41F5O8. The molecule has 0 saturated carbocycles. The van der Waals surface area contributed by atoms with Crippen molar-refractivity contribution in [2.75, 3.05) is 79.3 Å². The molecule has 0 spiro atoms. The number of halogens is 5. The van der Waals surface area contributed by atoms with Crippen LogP contribution in [0, 0.1) is 29.1 Å². The van der Waals surface area contributed by atoms with Gasteiger partial charge < -0.3 is 33.2 Å². The highest BCUT2D eigenvalue weighted by molar-refractivity contribution is 5.72. The largest absolute Gasteiger partial charge is 0.420 e. The van der Waals surface area contributed by atoms with Crippen molar-refractivity contribution >= 4 is 5.97 Å². The lowest BCUT2D eigenvalue weighted by atomic mass is 10.1. The lowest BCUT2D eigenvalue weighted by molar-refractivity contribution is -0.136. The molecule has 0 unspecified atom stereocenters. The average molecular weight is 589 g/mol. The van der Waals surface area contributed by atoms with Gasteiger partial charge in [0.1, 0.15) is 0 Å². The molecular weight excluding hydrogens is 547 g/mol. The predicted molar refractivity (Wildman–Crippen MR) is 135 cm³/mol. The summed E-state index contributed by atoms with van der Waals surface area (Å²) >= 11 is 0. The zero-order valence-electron chi connectivity index (χ0n) is 23.1. The summed E-state index contributed by atoms with van der Waals surface area (Å²) in [6.07, 6.45) is 6.97. The number of esters is 1. The Hall–Kier alpha value is -1.90. The Kier molecular flexibility index (Phi) is 21.5. The summed E-state index contributed by atoms with van der Waals surface area (Å²) in [5.41, 5.74) is 0. The summed E-state index contributed by atoms with van der Waals surface area (Å²) in [7, 11) is 0. The molecule has 1 aromatic carbocycles. The van der Waals surface area contributed by atoms with Gasteiger partial charge >= 0.3 is 5.97 Å². The van der Waals surface area contributed by atoms with Crippen molar-refractivity contribution in [1.82, 2.24) is 0 Å². The summed E-state index contributed by atoms with van der Waals surface area (Å²) < 4.78 is 103. The Morgan fingerprint density at radius 1 is 0.475 bits per heavy atom. The molecule has 0 fully saturated rings. The van der Waals surface area contributed by atoms with Gasteiger partial charge in [-0.25, -0.2) is 13.2 Å². The first-order valence-corrected chi connectivity index (χ1v) is 13.6. The Morgan fingerprint density at radius 3 is 1.27 bits per heavy atom. The van der Waals surface area contributed by atoms with Gasteiger partial charge in [0, 0.05) is 6.61 Å². The Bertz CT molecular complexity index is 787. The lowest BCUT2D eigenvalue weighted by Crippen LogP contribution is -2.16. The molecule has 0 aliphatic rings. The molecule has 0 bridgehead atoms. The Balaban J connectivity index is 1.84. The van der Waals surface area contributed by atoms with Crippen molar-refractivity contribution < 1.29 is 59.9 Å². The predicted octanol–water partition coefficient (Wildman–Crippen LogP) is 5.14. The smallest absolute Gasteiger partial charge is 0.313 e. The highest BCUT2D eigenvalue weighted by Gasteiger charge is 2.28. The highest BCUT2D eigenvalue weighted by Crippen LogP contribution is 2.29. The van der Waals surface area contributed by atoms with Crippen LogP contribution in [-0.2, 0) is 33.2 Å². The van der Waals surface area contributed by atoms with E-state index in [-0.39, 0.29) is 19.8 Å². The average Bonchev–Trinajstić information content (AvgIpc) is 2.95. The monoisotopic (exact) mass is 588 g/mol. The van der Waals surface area contributed by atoms with Gasteiger partial charge in [-0.2, -0.15) is 8.78 Å². The standard InChI is InChI=1S/C27H41F5O8/c1-2-3-4-5-6-7-9-34-11-13-36-15-17-38-19-20-39-18-16-37-14-12-35-10-8-21(33)40-27-25(31)23(29)22(28)24(30)26(27)32/h2-20H2,1H3. The number of ether oxygens (including phenoxy) is 7. The van der Waals surface area contributed by atoms with Gasteiger partial charge in [0.05, 0.1) is 79.1 Å². The van der Waals surface area contributed by atoms with Crippen LogP contribution in [0.2, 0.25) is 0 Å². The molecule has 0 aliphatic carbocycles. The van der Waals surface area contributed by atoms with Crippen molar-refractivity contribution in [3.63, 3.8) is 0 Å². The third kappa shape index (κ3) is 16.4. The molecule has 1 aromatic rings. The second-order valence-corrected chi connectivity index (χ2v) is 8.57. The molecule has 0 heterocycles. The van der Waals surface area contributed by atoms with Crippen LogP contribution in [0.4, 0.5) is 22.0 Å². The van der Waals surface area contributed by atoms with Gasteiger partial charge in [0.15, 0.2) is 0 Å². The Morgan fingerprint density at radius 2 is 0.825 bits per heavy atom. The number of hydrogen-bond donors (Lipinski definition) is 0. The van der Waals surface area contributed by atoms with Crippen LogP contribution in [-0.4, -0.2) is 85.3 Å². The van der Waals surface area contributed by atoms with Crippen molar-refractivity contribution in [2.24, 2.45) is 0 Å². The van der Waals surface area contributed by atoms with E-state index >= 15 is 0 Å². The molecule has 1 rings (SSSR count). The number of hydrogen-bond acceptors (Lipinski definition) is 8. The van der Waals surface area contributed by atoms with Crippen LogP contribution in [0.3, 0.4) is 0 Å². The summed E-state index contributed by atoms with van der Waals surface area (Å²) in [5.74, 6) is -14.1. The molecule has 0 N–H and O–H groups in total. The molecule has 13 heteroatoms. The molecule has 0 aliphatic heterocycles. The number of rotatable bonds is 26. The van der Waals surface area contributed by atoms with Gasteiger partial charge in [-0.15, -0.1) is 0 Å².